The van der Waals surface area contributed by atoms with Gasteiger partial charge in [-0.15, -0.1) is 0 Å². The van der Waals surface area contributed by atoms with Gasteiger partial charge in [-0.3, -0.25) is 4.79 Å². The summed E-state index contributed by atoms with van der Waals surface area (Å²) in [5.74, 6) is 2.12. The van der Waals surface area contributed by atoms with Crippen LogP contribution in [0.4, 0.5) is 0 Å². The molecular weight excluding hydrogens is 360 g/mol. The molecule has 0 spiro atoms. The fraction of sp³-hybridized carbons (Fsp3) is 0.0385. The van der Waals surface area contributed by atoms with Crippen molar-refractivity contribution in [3.63, 3.8) is 0 Å². The lowest BCUT2D eigenvalue weighted by molar-refractivity contribution is 0.103. The van der Waals surface area contributed by atoms with E-state index in [1.165, 1.54) is 5.56 Å². The van der Waals surface area contributed by atoms with E-state index in [9.17, 15) is 4.79 Å². The molecule has 0 unspecified atom stereocenters. The maximum Gasteiger partial charge on any atom is 0.193 e. The van der Waals surface area contributed by atoms with Crippen molar-refractivity contribution in [3.8, 4) is 28.4 Å². The molecule has 0 aliphatic rings. The van der Waals surface area contributed by atoms with Crippen LogP contribution in [0.2, 0.25) is 0 Å². The number of ketones is 1. The molecule has 142 valence electrons. The molecule has 0 saturated carbocycles. The van der Waals surface area contributed by atoms with Gasteiger partial charge in [0.2, 0.25) is 0 Å². The summed E-state index contributed by atoms with van der Waals surface area (Å²) in [5.41, 5.74) is 3.54. The highest BCUT2D eigenvalue weighted by Gasteiger charge is 2.09. The van der Waals surface area contributed by atoms with Gasteiger partial charge in [-0.25, -0.2) is 0 Å². The van der Waals surface area contributed by atoms with Crippen molar-refractivity contribution >= 4 is 5.78 Å². The Morgan fingerprint density at radius 2 is 1.00 bits per heavy atom. The minimum absolute atomic E-state index is 0.0357. The normalized spacial score (nSPS) is 10.4. The third kappa shape index (κ3) is 4.36. The maximum atomic E-state index is 12.6. The van der Waals surface area contributed by atoms with E-state index < -0.39 is 0 Å². The summed E-state index contributed by atoms with van der Waals surface area (Å²) < 4.78 is 11.0. The summed E-state index contributed by atoms with van der Waals surface area (Å²) >= 11 is 0. The second-order valence-electron chi connectivity index (χ2n) is 6.57. The van der Waals surface area contributed by atoms with Crippen molar-refractivity contribution in [1.29, 1.82) is 0 Å². The van der Waals surface area contributed by atoms with Crippen LogP contribution >= 0.6 is 0 Å². The largest absolute Gasteiger partial charge is 0.497 e. The Kier molecular flexibility index (Phi) is 5.39. The van der Waals surface area contributed by atoms with Gasteiger partial charge < -0.3 is 9.47 Å². The summed E-state index contributed by atoms with van der Waals surface area (Å²) in [7, 11) is 1.60. The van der Waals surface area contributed by atoms with Gasteiger partial charge in [-0.2, -0.15) is 0 Å². The standard InChI is InChI=1S/C26H20O3/c1-28-23-13-9-21(10-14-23)26(27)22-11-17-25(18-12-22)29-24-15-7-20(8-16-24)19-5-3-2-4-6-19/h2-18H,1H3. The Labute approximate surface area is 170 Å². The number of hydrogen-bond acceptors (Lipinski definition) is 3. The van der Waals surface area contributed by atoms with E-state index in [1.807, 2.05) is 54.6 Å². The number of ether oxygens (including phenoxy) is 2. The molecule has 0 aromatic heterocycles. The lowest BCUT2D eigenvalue weighted by Crippen LogP contribution is -2.01. The van der Waals surface area contributed by atoms with Gasteiger partial charge in [-0.05, 0) is 71.8 Å². The van der Waals surface area contributed by atoms with Crippen molar-refractivity contribution in [1.82, 2.24) is 0 Å². The molecule has 0 fully saturated rings. The van der Waals surface area contributed by atoms with Crippen molar-refractivity contribution in [2.75, 3.05) is 7.11 Å². The molecule has 0 aliphatic heterocycles. The van der Waals surface area contributed by atoms with Gasteiger partial charge in [0.1, 0.15) is 17.2 Å². The van der Waals surface area contributed by atoms with Crippen LogP contribution in [0.25, 0.3) is 11.1 Å². The Balaban J connectivity index is 1.44. The fourth-order valence-electron chi connectivity index (χ4n) is 3.07. The average molecular weight is 380 g/mol. The third-order valence-electron chi connectivity index (χ3n) is 4.67. The first-order valence-corrected chi connectivity index (χ1v) is 9.35. The number of rotatable bonds is 6. The second-order valence-corrected chi connectivity index (χ2v) is 6.57. The molecule has 0 atom stereocenters. The van der Waals surface area contributed by atoms with E-state index in [2.05, 4.69) is 12.1 Å². The molecule has 0 radical (unpaired) electrons. The van der Waals surface area contributed by atoms with Crippen LogP contribution in [0.3, 0.4) is 0 Å². The minimum Gasteiger partial charge on any atom is -0.497 e. The van der Waals surface area contributed by atoms with Gasteiger partial charge >= 0.3 is 0 Å². The van der Waals surface area contributed by atoms with Crippen LogP contribution in [0.15, 0.2) is 103 Å². The quantitative estimate of drug-likeness (QED) is 0.364. The van der Waals surface area contributed by atoms with Crippen molar-refractivity contribution in [2.45, 2.75) is 0 Å². The van der Waals surface area contributed by atoms with Crippen LogP contribution in [0.1, 0.15) is 15.9 Å². The summed E-state index contributed by atoms with van der Waals surface area (Å²) in [4.78, 5) is 12.6. The van der Waals surface area contributed by atoms with E-state index in [4.69, 9.17) is 9.47 Å². The zero-order valence-corrected chi connectivity index (χ0v) is 16.0. The topological polar surface area (TPSA) is 35.5 Å². The van der Waals surface area contributed by atoms with Gasteiger partial charge in [0.15, 0.2) is 5.78 Å². The number of carbonyl (C=O) groups is 1. The highest BCUT2D eigenvalue weighted by molar-refractivity contribution is 6.09. The molecule has 0 saturated heterocycles. The van der Waals surface area contributed by atoms with E-state index >= 15 is 0 Å². The van der Waals surface area contributed by atoms with Crippen LogP contribution in [-0.2, 0) is 0 Å². The SMILES string of the molecule is COc1ccc(C(=O)c2ccc(Oc3ccc(-c4ccccc4)cc3)cc2)cc1. The first-order chi connectivity index (χ1) is 14.2. The van der Waals surface area contributed by atoms with Crippen LogP contribution in [0, 0.1) is 0 Å². The Hall–Kier alpha value is -3.85. The summed E-state index contributed by atoms with van der Waals surface area (Å²) in [5, 5.41) is 0. The molecule has 0 amide bonds. The zero-order valence-electron chi connectivity index (χ0n) is 16.0. The smallest absolute Gasteiger partial charge is 0.193 e. The average Bonchev–Trinajstić information content (AvgIpc) is 2.80. The Morgan fingerprint density at radius 1 is 0.552 bits per heavy atom. The molecule has 0 N–H and O–H groups in total. The van der Waals surface area contributed by atoms with E-state index in [0.717, 1.165) is 17.1 Å². The predicted octanol–water partition coefficient (Wildman–Crippen LogP) is 6.39. The molecule has 29 heavy (non-hydrogen) atoms. The van der Waals surface area contributed by atoms with Crippen LogP contribution in [-0.4, -0.2) is 12.9 Å². The zero-order chi connectivity index (χ0) is 20.1. The fourth-order valence-corrected chi connectivity index (χ4v) is 3.07. The molecule has 0 heterocycles. The van der Waals surface area contributed by atoms with E-state index in [0.29, 0.717) is 16.9 Å². The van der Waals surface area contributed by atoms with E-state index in [-0.39, 0.29) is 5.78 Å². The number of methoxy groups -OCH3 is 1. The van der Waals surface area contributed by atoms with Crippen LogP contribution < -0.4 is 9.47 Å². The molecule has 4 rings (SSSR count). The monoisotopic (exact) mass is 380 g/mol. The summed E-state index contributed by atoms with van der Waals surface area (Å²) in [6.07, 6.45) is 0. The lowest BCUT2D eigenvalue weighted by Gasteiger charge is -2.08. The van der Waals surface area contributed by atoms with Gasteiger partial charge in [0.05, 0.1) is 7.11 Å². The van der Waals surface area contributed by atoms with Gasteiger partial charge in [0.25, 0.3) is 0 Å². The highest BCUT2D eigenvalue weighted by atomic mass is 16.5. The number of benzene rings is 4. The Bertz CT molecular complexity index is 1080. The Morgan fingerprint density at radius 3 is 1.52 bits per heavy atom. The summed E-state index contributed by atoms with van der Waals surface area (Å²) in [6, 6.07) is 32.4. The molecule has 3 heteroatoms. The lowest BCUT2D eigenvalue weighted by atomic mass is 10.0. The predicted molar refractivity (Wildman–Crippen MR) is 115 cm³/mol. The molecule has 3 nitrogen and oxygen atoms in total. The molecule has 4 aromatic carbocycles. The first kappa shape index (κ1) is 18.5. The maximum absolute atomic E-state index is 12.6. The van der Waals surface area contributed by atoms with Gasteiger partial charge in [-0.1, -0.05) is 42.5 Å². The van der Waals surface area contributed by atoms with Crippen molar-refractivity contribution in [2.24, 2.45) is 0 Å². The van der Waals surface area contributed by atoms with Crippen molar-refractivity contribution in [3.05, 3.63) is 114 Å². The first-order valence-electron chi connectivity index (χ1n) is 9.35. The van der Waals surface area contributed by atoms with Crippen LogP contribution in [0.5, 0.6) is 17.2 Å². The summed E-state index contributed by atoms with van der Waals surface area (Å²) in [6.45, 7) is 0. The van der Waals surface area contributed by atoms with Crippen molar-refractivity contribution < 1.29 is 14.3 Å². The third-order valence-corrected chi connectivity index (χ3v) is 4.67. The molecular formula is C26H20O3. The van der Waals surface area contributed by atoms with E-state index in [1.54, 1.807) is 43.5 Å². The molecule has 0 aliphatic carbocycles. The number of carbonyl (C=O) groups excluding carboxylic acids is 1. The minimum atomic E-state index is -0.0357. The second kappa shape index (κ2) is 8.44. The van der Waals surface area contributed by atoms with Gasteiger partial charge in [0, 0.05) is 11.1 Å². The highest BCUT2D eigenvalue weighted by Crippen LogP contribution is 2.26. The number of hydrogen-bond donors (Lipinski definition) is 0. The molecule has 0 bridgehead atoms. The molecule has 4 aromatic rings.